The number of anilines is 1. The average molecular weight is 456 g/mol. The summed E-state index contributed by atoms with van der Waals surface area (Å²) in [5.41, 5.74) is 2.07. The molecule has 176 valence electrons. The first kappa shape index (κ1) is 23.2. The first-order valence-electron chi connectivity index (χ1n) is 11.2. The van der Waals surface area contributed by atoms with Crippen LogP contribution in [0.25, 0.3) is 0 Å². The molecule has 0 aromatic heterocycles. The van der Waals surface area contributed by atoms with Crippen molar-refractivity contribution in [2.24, 2.45) is 5.92 Å². The predicted octanol–water partition coefficient (Wildman–Crippen LogP) is 4.43. The SMILES string of the molecule is COC(=O)[C@H]1CC[C@@]2(C[C@@H](c3cc(N(C)C(C)=O)ccc3OC)CO2)[C@@H]1c1ccc(F)cc1. The third-order valence-electron chi connectivity index (χ3n) is 7.26. The fourth-order valence-corrected chi connectivity index (χ4v) is 5.52. The molecule has 4 atom stereocenters. The van der Waals surface area contributed by atoms with Crippen molar-refractivity contribution in [3.8, 4) is 5.75 Å². The van der Waals surface area contributed by atoms with E-state index < -0.39 is 5.60 Å². The van der Waals surface area contributed by atoms with Crippen LogP contribution in [0.1, 0.15) is 49.1 Å². The Kier molecular flexibility index (Phi) is 6.43. The summed E-state index contributed by atoms with van der Waals surface area (Å²) in [6.07, 6.45) is 2.04. The molecular weight excluding hydrogens is 425 g/mol. The van der Waals surface area contributed by atoms with Crippen molar-refractivity contribution in [1.29, 1.82) is 0 Å². The molecule has 0 radical (unpaired) electrons. The molecule has 1 spiro atoms. The predicted molar refractivity (Wildman–Crippen MR) is 122 cm³/mol. The van der Waals surface area contributed by atoms with Gasteiger partial charge in [0.05, 0.1) is 32.3 Å². The van der Waals surface area contributed by atoms with Gasteiger partial charge in [-0.25, -0.2) is 4.39 Å². The van der Waals surface area contributed by atoms with Crippen LogP contribution in [0.4, 0.5) is 10.1 Å². The zero-order chi connectivity index (χ0) is 23.8. The van der Waals surface area contributed by atoms with Gasteiger partial charge in [-0.3, -0.25) is 9.59 Å². The molecular formula is C26H30FNO5. The highest BCUT2D eigenvalue weighted by molar-refractivity contribution is 5.91. The minimum Gasteiger partial charge on any atom is -0.496 e. The molecule has 6 nitrogen and oxygen atoms in total. The highest BCUT2D eigenvalue weighted by Gasteiger charge is 2.56. The van der Waals surface area contributed by atoms with Gasteiger partial charge in [-0.1, -0.05) is 12.1 Å². The van der Waals surface area contributed by atoms with Crippen molar-refractivity contribution in [3.63, 3.8) is 0 Å². The maximum atomic E-state index is 13.6. The smallest absolute Gasteiger partial charge is 0.309 e. The Morgan fingerprint density at radius 3 is 2.52 bits per heavy atom. The number of halogens is 1. The number of amides is 1. The first-order chi connectivity index (χ1) is 15.8. The Bertz CT molecular complexity index is 1040. The maximum Gasteiger partial charge on any atom is 0.309 e. The van der Waals surface area contributed by atoms with Crippen molar-refractivity contribution in [1.82, 2.24) is 0 Å². The maximum absolute atomic E-state index is 13.6. The molecule has 33 heavy (non-hydrogen) atoms. The second kappa shape index (κ2) is 9.14. The van der Waals surface area contributed by atoms with Crippen molar-refractivity contribution in [2.75, 3.05) is 32.8 Å². The van der Waals surface area contributed by atoms with Crippen LogP contribution in [0, 0.1) is 11.7 Å². The summed E-state index contributed by atoms with van der Waals surface area (Å²) in [5, 5.41) is 0. The third kappa shape index (κ3) is 4.22. The van der Waals surface area contributed by atoms with Crippen LogP contribution in [0.3, 0.4) is 0 Å². The number of carbonyl (C=O) groups excluding carboxylic acids is 2. The minimum absolute atomic E-state index is 0.0274. The minimum atomic E-state index is -0.561. The van der Waals surface area contributed by atoms with Gasteiger partial charge in [-0.2, -0.15) is 0 Å². The van der Waals surface area contributed by atoms with E-state index in [-0.39, 0.29) is 35.4 Å². The van der Waals surface area contributed by atoms with Gasteiger partial charge in [-0.15, -0.1) is 0 Å². The van der Waals surface area contributed by atoms with Gasteiger partial charge in [0.15, 0.2) is 0 Å². The van der Waals surface area contributed by atoms with Gasteiger partial charge >= 0.3 is 5.97 Å². The average Bonchev–Trinajstić information content (AvgIpc) is 3.42. The topological polar surface area (TPSA) is 65.1 Å². The summed E-state index contributed by atoms with van der Waals surface area (Å²) in [6, 6.07) is 12.0. The van der Waals surface area contributed by atoms with Crippen molar-refractivity contribution >= 4 is 17.6 Å². The number of esters is 1. The molecule has 1 heterocycles. The number of rotatable bonds is 5. The summed E-state index contributed by atoms with van der Waals surface area (Å²) >= 11 is 0. The molecule has 1 aliphatic heterocycles. The third-order valence-corrected chi connectivity index (χ3v) is 7.26. The second-order valence-corrected chi connectivity index (χ2v) is 8.98. The Hall–Kier alpha value is -2.93. The van der Waals surface area contributed by atoms with Gasteiger partial charge in [0.1, 0.15) is 11.6 Å². The van der Waals surface area contributed by atoms with Crippen molar-refractivity contribution < 1.29 is 28.2 Å². The van der Waals surface area contributed by atoms with E-state index in [1.54, 1.807) is 31.2 Å². The standard InChI is InChI=1S/C26H30FNO5/c1-16(29)28(2)20-9-10-23(31-3)22(13-20)18-14-26(33-15-18)12-11-21(25(30)32-4)24(26)17-5-7-19(27)8-6-17/h5-10,13,18,21,24H,11-12,14-15H2,1-4H3/t18-,21+,24-,26-/m1/s1. The summed E-state index contributed by atoms with van der Waals surface area (Å²) in [5.74, 6) is -0.459. The van der Waals surface area contributed by atoms with Crippen LogP contribution in [0.5, 0.6) is 5.75 Å². The molecule has 7 heteroatoms. The highest BCUT2D eigenvalue weighted by atomic mass is 19.1. The molecule has 0 unspecified atom stereocenters. The van der Waals surface area contributed by atoms with Crippen LogP contribution < -0.4 is 9.64 Å². The number of hydrogen-bond acceptors (Lipinski definition) is 5. The van der Waals surface area contributed by atoms with Crippen molar-refractivity contribution in [2.45, 2.75) is 43.6 Å². The lowest BCUT2D eigenvalue weighted by Crippen LogP contribution is -2.35. The lowest BCUT2D eigenvalue weighted by molar-refractivity contribution is -0.146. The molecule has 2 aliphatic rings. The molecule has 2 aromatic rings. The number of ether oxygens (including phenoxy) is 3. The number of carbonyl (C=O) groups is 2. The largest absolute Gasteiger partial charge is 0.496 e. The lowest BCUT2D eigenvalue weighted by Gasteiger charge is -2.33. The molecule has 0 N–H and O–H groups in total. The molecule has 1 aliphatic carbocycles. The molecule has 2 aromatic carbocycles. The van der Waals surface area contributed by atoms with Crippen LogP contribution in [-0.2, 0) is 19.1 Å². The molecule has 0 bridgehead atoms. The Morgan fingerprint density at radius 2 is 1.88 bits per heavy atom. The summed E-state index contributed by atoms with van der Waals surface area (Å²) in [4.78, 5) is 26.1. The van der Waals surface area contributed by atoms with Gasteiger partial charge < -0.3 is 19.1 Å². The van der Waals surface area contributed by atoms with Crippen LogP contribution in [0.15, 0.2) is 42.5 Å². The monoisotopic (exact) mass is 455 g/mol. The Morgan fingerprint density at radius 1 is 1.15 bits per heavy atom. The van der Waals surface area contributed by atoms with Crippen molar-refractivity contribution in [3.05, 3.63) is 59.4 Å². The normalized spacial score (nSPS) is 26.4. The van der Waals surface area contributed by atoms with E-state index >= 15 is 0 Å². The Labute approximate surface area is 193 Å². The first-order valence-corrected chi connectivity index (χ1v) is 11.2. The summed E-state index contributed by atoms with van der Waals surface area (Å²) in [6.45, 7) is 1.99. The van der Waals surface area contributed by atoms with Crippen LogP contribution in [0.2, 0.25) is 0 Å². The fraction of sp³-hybridized carbons (Fsp3) is 0.462. The van der Waals surface area contributed by atoms with E-state index in [1.165, 1.54) is 26.2 Å². The summed E-state index contributed by atoms with van der Waals surface area (Å²) < 4.78 is 30.9. The number of methoxy groups -OCH3 is 2. The molecule has 1 saturated heterocycles. The Balaban J connectivity index is 1.70. The quantitative estimate of drug-likeness (QED) is 0.625. The van der Waals surface area contributed by atoms with Gasteiger partial charge in [-0.05, 0) is 55.2 Å². The number of benzene rings is 2. The van der Waals surface area contributed by atoms with E-state index in [9.17, 15) is 14.0 Å². The number of nitrogens with zero attached hydrogens (tertiary/aromatic N) is 1. The summed E-state index contributed by atoms with van der Waals surface area (Å²) in [7, 11) is 4.77. The van der Waals surface area contributed by atoms with E-state index in [1.807, 2.05) is 18.2 Å². The molecule has 4 rings (SSSR count). The number of hydrogen-bond donors (Lipinski definition) is 0. The van der Waals surface area contributed by atoms with E-state index in [2.05, 4.69) is 0 Å². The van der Waals surface area contributed by atoms with E-state index in [0.717, 1.165) is 22.6 Å². The fourth-order valence-electron chi connectivity index (χ4n) is 5.52. The zero-order valence-electron chi connectivity index (χ0n) is 19.5. The van der Waals surface area contributed by atoms with Gasteiger partial charge in [0, 0.05) is 37.1 Å². The van der Waals surface area contributed by atoms with Gasteiger partial charge in [0.25, 0.3) is 0 Å². The molecule has 2 fully saturated rings. The van der Waals surface area contributed by atoms with Gasteiger partial charge in [0.2, 0.25) is 5.91 Å². The molecule has 1 amide bonds. The molecule has 1 saturated carbocycles. The second-order valence-electron chi connectivity index (χ2n) is 8.98. The van der Waals surface area contributed by atoms with E-state index in [0.29, 0.717) is 25.9 Å². The van der Waals surface area contributed by atoms with E-state index in [4.69, 9.17) is 14.2 Å². The van der Waals surface area contributed by atoms with Crippen LogP contribution >= 0.6 is 0 Å². The van der Waals surface area contributed by atoms with Crippen LogP contribution in [-0.4, -0.2) is 45.4 Å². The zero-order valence-corrected chi connectivity index (χ0v) is 19.5. The lowest BCUT2D eigenvalue weighted by atomic mass is 9.76. The highest BCUT2D eigenvalue weighted by Crippen LogP contribution is 2.57.